The molecular weight excluding hydrogens is 244 g/mol. The van der Waals surface area contributed by atoms with Crippen LogP contribution in [0.15, 0.2) is 18.2 Å². The minimum atomic E-state index is -0.867. The Bertz CT molecular complexity index is 435. The number of benzene rings is 1. The maximum absolute atomic E-state index is 10.6. The monoisotopic (exact) mass is 266 g/mol. The fraction of sp³-hybridized carbons (Fsp3) is 0.500. The number of hydrogen-bond acceptors (Lipinski definition) is 4. The van der Waals surface area contributed by atoms with Crippen molar-refractivity contribution in [3.8, 4) is 5.75 Å². The summed E-state index contributed by atoms with van der Waals surface area (Å²) in [5.41, 5.74) is 8.02. The van der Waals surface area contributed by atoms with E-state index in [0.29, 0.717) is 13.1 Å². The third-order valence-electron chi connectivity index (χ3n) is 2.86. The van der Waals surface area contributed by atoms with Gasteiger partial charge in [-0.25, -0.2) is 0 Å². The van der Waals surface area contributed by atoms with E-state index >= 15 is 0 Å². The van der Waals surface area contributed by atoms with Gasteiger partial charge in [0.15, 0.2) is 0 Å². The van der Waals surface area contributed by atoms with E-state index in [1.54, 1.807) is 7.11 Å². The molecule has 0 heterocycles. The molecule has 0 aromatic heterocycles. The van der Waals surface area contributed by atoms with Gasteiger partial charge in [-0.15, -0.1) is 0 Å². The van der Waals surface area contributed by atoms with Crippen LogP contribution in [0.5, 0.6) is 5.75 Å². The molecule has 1 aromatic carbocycles. The van der Waals surface area contributed by atoms with Gasteiger partial charge < -0.3 is 20.5 Å². The molecule has 0 spiro atoms. The van der Waals surface area contributed by atoms with E-state index in [-0.39, 0.29) is 12.5 Å². The Hall–Kier alpha value is -1.59. The molecule has 106 valence electrons. The number of aliphatic carboxylic acids is 1. The number of likely N-dealkylation sites (N-methyl/N-ethyl adjacent to an activating group) is 1. The molecule has 1 atom stereocenters. The third kappa shape index (κ3) is 5.28. The standard InChI is InChI=1S/C14H22N2O3/c1-10-4-5-13(19-3)11(6-10)8-16(2)9-12(15)7-14(17)18/h4-6,12H,7-9,15H2,1-3H3,(H,17,18). The average molecular weight is 266 g/mol. The van der Waals surface area contributed by atoms with Gasteiger partial charge in [0.1, 0.15) is 5.75 Å². The second-order valence-electron chi connectivity index (χ2n) is 4.87. The van der Waals surface area contributed by atoms with Crippen LogP contribution < -0.4 is 10.5 Å². The number of carbonyl (C=O) groups is 1. The highest BCUT2D eigenvalue weighted by atomic mass is 16.5. The van der Waals surface area contributed by atoms with Gasteiger partial charge in [0.25, 0.3) is 0 Å². The van der Waals surface area contributed by atoms with E-state index in [4.69, 9.17) is 15.6 Å². The molecule has 0 aliphatic heterocycles. The molecule has 19 heavy (non-hydrogen) atoms. The maximum atomic E-state index is 10.6. The predicted octanol–water partition coefficient (Wildman–Crippen LogP) is 1.24. The van der Waals surface area contributed by atoms with Crippen molar-refractivity contribution >= 4 is 5.97 Å². The smallest absolute Gasteiger partial charge is 0.304 e. The Morgan fingerprint density at radius 1 is 1.53 bits per heavy atom. The fourth-order valence-electron chi connectivity index (χ4n) is 2.08. The van der Waals surface area contributed by atoms with Crippen molar-refractivity contribution in [3.05, 3.63) is 29.3 Å². The van der Waals surface area contributed by atoms with Gasteiger partial charge in [-0.2, -0.15) is 0 Å². The highest BCUT2D eigenvalue weighted by Gasteiger charge is 2.12. The quantitative estimate of drug-likeness (QED) is 0.776. The van der Waals surface area contributed by atoms with Crippen molar-refractivity contribution < 1.29 is 14.6 Å². The summed E-state index contributed by atoms with van der Waals surface area (Å²) in [7, 11) is 3.56. The molecule has 3 N–H and O–H groups in total. The molecule has 0 aliphatic rings. The number of hydrogen-bond donors (Lipinski definition) is 2. The number of aryl methyl sites for hydroxylation is 1. The lowest BCUT2D eigenvalue weighted by atomic mass is 10.1. The molecule has 0 saturated heterocycles. The molecule has 0 radical (unpaired) electrons. The van der Waals surface area contributed by atoms with E-state index < -0.39 is 5.97 Å². The Morgan fingerprint density at radius 3 is 2.79 bits per heavy atom. The number of ether oxygens (including phenoxy) is 1. The van der Waals surface area contributed by atoms with Gasteiger partial charge >= 0.3 is 5.97 Å². The first-order valence-corrected chi connectivity index (χ1v) is 6.21. The second kappa shape index (κ2) is 7.11. The van der Waals surface area contributed by atoms with Crippen molar-refractivity contribution in [2.45, 2.75) is 25.9 Å². The third-order valence-corrected chi connectivity index (χ3v) is 2.86. The highest BCUT2D eigenvalue weighted by molar-refractivity contribution is 5.67. The van der Waals surface area contributed by atoms with Gasteiger partial charge in [-0.1, -0.05) is 17.7 Å². The molecule has 5 nitrogen and oxygen atoms in total. The van der Waals surface area contributed by atoms with Crippen molar-refractivity contribution in [2.75, 3.05) is 20.7 Å². The van der Waals surface area contributed by atoms with Gasteiger partial charge in [0, 0.05) is 24.7 Å². The molecule has 1 aromatic rings. The average Bonchev–Trinajstić information content (AvgIpc) is 2.27. The largest absolute Gasteiger partial charge is 0.496 e. The van der Waals surface area contributed by atoms with Gasteiger partial charge in [0.05, 0.1) is 13.5 Å². The Kier molecular flexibility index (Phi) is 5.79. The summed E-state index contributed by atoms with van der Waals surface area (Å²) >= 11 is 0. The molecule has 0 saturated carbocycles. The molecule has 0 bridgehead atoms. The summed E-state index contributed by atoms with van der Waals surface area (Å²) in [6.45, 7) is 3.24. The Labute approximate surface area is 114 Å². The first kappa shape index (κ1) is 15.5. The SMILES string of the molecule is COc1ccc(C)cc1CN(C)CC(N)CC(=O)O. The molecule has 1 rings (SSSR count). The molecule has 0 amide bonds. The molecular formula is C14H22N2O3. The number of carboxylic acid groups (broad SMARTS) is 1. The molecule has 0 aliphatic carbocycles. The number of nitrogens with two attached hydrogens (primary N) is 1. The normalized spacial score (nSPS) is 12.5. The van der Waals surface area contributed by atoms with Crippen molar-refractivity contribution in [3.63, 3.8) is 0 Å². The summed E-state index contributed by atoms with van der Waals surface area (Å²) in [5, 5.41) is 8.69. The van der Waals surface area contributed by atoms with E-state index in [2.05, 4.69) is 6.07 Å². The van der Waals surface area contributed by atoms with Crippen LogP contribution in [0.3, 0.4) is 0 Å². The zero-order chi connectivity index (χ0) is 14.4. The summed E-state index contributed by atoms with van der Waals surface area (Å²) < 4.78 is 5.32. The number of nitrogens with zero attached hydrogens (tertiary/aromatic N) is 1. The first-order valence-electron chi connectivity index (χ1n) is 6.21. The number of methoxy groups -OCH3 is 1. The van der Waals surface area contributed by atoms with Crippen LogP contribution in [0.1, 0.15) is 17.5 Å². The minimum absolute atomic E-state index is 0.0186. The van der Waals surface area contributed by atoms with E-state index in [1.807, 2.05) is 31.0 Å². The van der Waals surface area contributed by atoms with Crippen LogP contribution in [-0.4, -0.2) is 42.7 Å². The summed E-state index contributed by atoms with van der Waals surface area (Å²) in [5.74, 6) is -0.0294. The van der Waals surface area contributed by atoms with Crippen LogP contribution >= 0.6 is 0 Å². The lowest BCUT2D eigenvalue weighted by molar-refractivity contribution is -0.137. The van der Waals surface area contributed by atoms with Crippen LogP contribution in [0, 0.1) is 6.92 Å². The molecule has 5 heteroatoms. The Balaban J connectivity index is 2.63. The minimum Gasteiger partial charge on any atom is -0.496 e. The van der Waals surface area contributed by atoms with Crippen LogP contribution in [0.4, 0.5) is 0 Å². The zero-order valence-electron chi connectivity index (χ0n) is 11.7. The van der Waals surface area contributed by atoms with Gasteiger partial charge in [0.2, 0.25) is 0 Å². The van der Waals surface area contributed by atoms with Gasteiger partial charge in [-0.05, 0) is 20.0 Å². The summed E-state index contributed by atoms with van der Waals surface area (Å²) in [6, 6.07) is 5.64. The number of carboxylic acids is 1. The second-order valence-corrected chi connectivity index (χ2v) is 4.87. The Morgan fingerprint density at radius 2 is 2.21 bits per heavy atom. The summed E-state index contributed by atoms with van der Waals surface area (Å²) in [6.07, 6.45) is -0.0186. The van der Waals surface area contributed by atoms with Crippen molar-refractivity contribution in [1.82, 2.24) is 4.90 Å². The first-order chi connectivity index (χ1) is 8.92. The van der Waals surface area contributed by atoms with E-state index in [1.165, 1.54) is 5.56 Å². The zero-order valence-corrected chi connectivity index (χ0v) is 11.7. The predicted molar refractivity (Wildman–Crippen MR) is 74.3 cm³/mol. The molecule has 1 unspecified atom stereocenters. The maximum Gasteiger partial charge on any atom is 0.304 e. The van der Waals surface area contributed by atoms with Crippen molar-refractivity contribution in [1.29, 1.82) is 0 Å². The van der Waals surface area contributed by atoms with Crippen LogP contribution in [-0.2, 0) is 11.3 Å². The van der Waals surface area contributed by atoms with Crippen LogP contribution in [0.2, 0.25) is 0 Å². The lowest BCUT2D eigenvalue weighted by Crippen LogP contribution is -2.36. The molecule has 0 fully saturated rings. The van der Waals surface area contributed by atoms with E-state index in [9.17, 15) is 4.79 Å². The van der Waals surface area contributed by atoms with Crippen molar-refractivity contribution in [2.24, 2.45) is 5.73 Å². The highest BCUT2D eigenvalue weighted by Crippen LogP contribution is 2.21. The topological polar surface area (TPSA) is 75.8 Å². The summed E-state index contributed by atoms with van der Waals surface area (Å²) in [4.78, 5) is 12.6. The fourth-order valence-corrected chi connectivity index (χ4v) is 2.08. The number of rotatable bonds is 7. The van der Waals surface area contributed by atoms with Crippen LogP contribution in [0.25, 0.3) is 0 Å². The van der Waals surface area contributed by atoms with E-state index in [0.717, 1.165) is 11.3 Å². The lowest BCUT2D eigenvalue weighted by Gasteiger charge is -2.21. The van der Waals surface area contributed by atoms with Gasteiger partial charge in [-0.3, -0.25) is 4.79 Å².